The summed E-state index contributed by atoms with van der Waals surface area (Å²) < 4.78 is 0. The fourth-order valence-electron chi connectivity index (χ4n) is 3.68. The van der Waals surface area contributed by atoms with E-state index in [0.717, 1.165) is 54.4 Å². The van der Waals surface area contributed by atoms with Gasteiger partial charge in [0.25, 0.3) is 0 Å². The Kier molecular flexibility index (Phi) is 5.59. The van der Waals surface area contributed by atoms with Crippen molar-refractivity contribution in [2.75, 3.05) is 42.6 Å². The van der Waals surface area contributed by atoms with Gasteiger partial charge < -0.3 is 14.9 Å². The number of hydrogen-bond acceptors (Lipinski definition) is 6. The molecule has 146 valence electrons. The summed E-state index contributed by atoms with van der Waals surface area (Å²) in [7, 11) is 0. The maximum absolute atomic E-state index is 9.06. The number of halogens is 1. The molecule has 0 spiro atoms. The molecule has 0 atom stereocenters. The van der Waals surface area contributed by atoms with E-state index in [0.29, 0.717) is 17.9 Å². The summed E-state index contributed by atoms with van der Waals surface area (Å²) in [6.45, 7) is 5.78. The Balaban J connectivity index is 1.50. The van der Waals surface area contributed by atoms with Gasteiger partial charge in [-0.25, -0.2) is 9.97 Å². The van der Waals surface area contributed by atoms with Gasteiger partial charge in [-0.15, -0.1) is 0 Å². The van der Waals surface area contributed by atoms with E-state index in [-0.39, 0.29) is 6.61 Å². The van der Waals surface area contributed by atoms with Crippen LogP contribution in [0.4, 0.5) is 11.5 Å². The molecule has 7 heteroatoms. The maximum atomic E-state index is 9.06. The predicted octanol–water partition coefficient (Wildman–Crippen LogP) is 3.24. The number of aliphatic hydroxyl groups is 1. The quantitative estimate of drug-likeness (QED) is 0.713. The van der Waals surface area contributed by atoms with Gasteiger partial charge in [0.2, 0.25) is 0 Å². The first-order chi connectivity index (χ1) is 13.6. The number of aliphatic hydroxyl groups excluding tert-OH is 1. The Morgan fingerprint density at radius 3 is 2.61 bits per heavy atom. The summed E-state index contributed by atoms with van der Waals surface area (Å²) in [6, 6.07) is 10.0. The largest absolute Gasteiger partial charge is 0.396 e. The van der Waals surface area contributed by atoms with Crippen molar-refractivity contribution in [3.05, 3.63) is 53.1 Å². The van der Waals surface area contributed by atoms with Gasteiger partial charge in [0.1, 0.15) is 11.6 Å². The Morgan fingerprint density at radius 2 is 1.82 bits per heavy atom. The summed E-state index contributed by atoms with van der Waals surface area (Å²) in [5.74, 6) is 1.79. The predicted molar refractivity (Wildman–Crippen MR) is 113 cm³/mol. The zero-order chi connectivity index (χ0) is 19.5. The molecule has 4 rings (SSSR count). The normalized spacial score (nSPS) is 14.7. The number of aromatic nitrogens is 3. The van der Waals surface area contributed by atoms with Crippen molar-refractivity contribution in [1.29, 1.82) is 0 Å². The lowest BCUT2D eigenvalue weighted by Crippen LogP contribution is -2.47. The van der Waals surface area contributed by atoms with E-state index in [1.54, 1.807) is 0 Å². The number of pyridine rings is 1. The van der Waals surface area contributed by atoms with Crippen LogP contribution in [0.1, 0.15) is 17.9 Å². The molecular weight excluding hydrogens is 374 g/mol. The van der Waals surface area contributed by atoms with Crippen LogP contribution in [-0.2, 0) is 6.42 Å². The average molecular weight is 398 g/mol. The van der Waals surface area contributed by atoms with Crippen LogP contribution >= 0.6 is 11.6 Å². The molecule has 1 saturated heterocycles. The minimum Gasteiger partial charge on any atom is -0.396 e. The number of fused-ring (bicyclic) bond motifs is 1. The summed E-state index contributed by atoms with van der Waals surface area (Å²) in [4.78, 5) is 18.4. The number of anilines is 2. The summed E-state index contributed by atoms with van der Waals surface area (Å²) >= 11 is 6.11. The molecule has 2 aromatic heterocycles. The van der Waals surface area contributed by atoms with Crippen molar-refractivity contribution in [2.45, 2.75) is 19.8 Å². The Morgan fingerprint density at radius 1 is 1.04 bits per heavy atom. The third-order valence-electron chi connectivity index (χ3n) is 5.07. The summed E-state index contributed by atoms with van der Waals surface area (Å²) in [5, 5.41) is 10.9. The minimum atomic E-state index is 0.163. The molecule has 3 heterocycles. The highest BCUT2D eigenvalue weighted by Crippen LogP contribution is 2.28. The lowest BCUT2D eigenvalue weighted by molar-refractivity contribution is 0.287. The molecule has 0 bridgehead atoms. The number of piperazine rings is 1. The fourth-order valence-corrected chi connectivity index (χ4v) is 3.85. The van der Waals surface area contributed by atoms with Crippen LogP contribution in [0.15, 0.2) is 36.5 Å². The number of aryl methyl sites for hydroxylation is 2. The van der Waals surface area contributed by atoms with Crippen LogP contribution in [0.5, 0.6) is 0 Å². The molecule has 3 aromatic rings. The SMILES string of the molecule is Cc1cc(N2CCN(c3ccnc4cc(Cl)ccc34)CC2)nc(CCCO)n1. The third kappa shape index (κ3) is 4.03. The van der Waals surface area contributed by atoms with Crippen LogP contribution in [0.2, 0.25) is 5.02 Å². The highest BCUT2D eigenvalue weighted by Gasteiger charge is 2.20. The molecule has 0 aliphatic carbocycles. The molecule has 6 nitrogen and oxygen atoms in total. The van der Waals surface area contributed by atoms with E-state index in [9.17, 15) is 0 Å². The molecule has 1 aliphatic heterocycles. The second kappa shape index (κ2) is 8.29. The Hall–Kier alpha value is -2.44. The van der Waals surface area contributed by atoms with Crippen molar-refractivity contribution >= 4 is 34.0 Å². The van der Waals surface area contributed by atoms with Crippen LogP contribution in [-0.4, -0.2) is 52.8 Å². The zero-order valence-electron chi connectivity index (χ0n) is 16.0. The lowest BCUT2D eigenvalue weighted by Gasteiger charge is -2.37. The van der Waals surface area contributed by atoms with Crippen molar-refractivity contribution in [2.24, 2.45) is 0 Å². The van der Waals surface area contributed by atoms with Gasteiger partial charge in [-0.2, -0.15) is 0 Å². The van der Waals surface area contributed by atoms with E-state index in [1.165, 1.54) is 5.69 Å². The van der Waals surface area contributed by atoms with Crippen molar-refractivity contribution < 1.29 is 5.11 Å². The maximum Gasteiger partial charge on any atom is 0.132 e. The third-order valence-corrected chi connectivity index (χ3v) is 5.31. The van der Waals surface area contributed by atoms with E-state index in [2.05, 4.69) is 25.8 Å². The first-order valence-electron chi connectivity index (χ1n) is 9.63. The molecule has 0 amide bonds. The zero-order valence-corrected chi connectivity index (χ0v) is 16.7. The lowest BCUT2D eigenvalue weighted by atomic mass is 10.1. The number of rotatable bonds is 5. The van der Waals surface area contributed by atoms with Gasteiger partial charge >= 0.3 is 0 Å². The molecular formula is C21H24ClN5O. The second-order valence-electron chi connectivity index (χ2n) is 7.08. The van der Waals surface area contributed by atoms with E-state index < -0.39 is 0 Å². The highest BCUT2D eigenvalue weighted by atomic mass is 35.5. The van der Waals surface area contributed by atoms with Crippen LogP contribution in [0.3, 0.4) is 0 Å². The van der Waals surface area contributed by atoms with Crippen molar-refractivity contribution in [1.82, 2.24) is 15.0 Å². The summed E-state index contributed by atoms with van der Waals surface area (Å²) in [6.07, 6.45) is 3.24. The van der Waals surface area contributed by atoms with Gasteiger partial charge in [-0.3, -0.25) is 4.98 Å². The van der Waals surface area contributed by atoms with Gasteiger partial charge in [0.15, 0.2) is 0 Å². The highest BCUT2D eigenvalue weighted by molar-refractivity contribution is 6.31. The molecule has 0 saturated carbocycles. The Labute approximate surface area is 169 Å². The average Bonchev–Trinajstić information content (AvgIpc) is 2.71. The van der Waals surface area contributed by atoms with E-state index in [4.69, 9.17) is 21.7 Å². The fraction of sp³-hybridized carbons (Fsp3) is 0.381. The van der Waals surface area contributed by atoms with E-state index in [1.807, 2.05) is 37.4 Å². The molecule has 1 aliphatic rings. The number of hydrogen-bond donors (Lipinski definition) is 1. The van der Waals surface area contributed by atoms with Gasteiger partial charge in [-0.1, -0.05) is 11.6 Å². The minimum absolute atomic E-state index is 0.163. The van der Waals surface area contributed by atoms with Crippen LogP contribution < -0.4 is 9.80 Å². The number of benzene rings is 1. The molecule has 1 N–H and O–H groups in total. The molecule has 1 aromatic carbocycles. The van der Waals surface area contributed by atoms with Crippen LogP contribution in [0, 0.1) is 6.92 Å². The van der Waals surface area contributed by atoms with Crippen molar-refractivity contribution in [3.8, 4) is 0 Å². The Bertz CT molecular complexity index is 972. The smallest absolute Gasteiger partial charge is 0.132 e. The summed E-state index contributed by atoms with van der Waals surface area (Å²) in [5.41, 5.74) is 3.09. The second-order valence-corrected chi connectivity index (χ2v) is 7.51. The van der Waals surface area contributed by atoms with Gasteiger partial charge in [0, 0.05) is 73.3 Å². The van der Waals surface area contributed by atoms with E-state index >= 15 is 0 Å². The van der Waals surface area contributed by atoms with Crippen molar-refractivity contribution in [3.63, 3.8) is 0 Å². The van der Waals surface area contributed by atoms with Gasteiger partial charge in [0.05, 0.1) is 5.52 Å². The molecule has 1 fully saturated rings. The molecule has 0 unspecified atom stereocenters. The first kappa shape index (κ1) is 18.9. The van der Waals surface area contributed by atoms with Crippen LogP contribution in [0.25, 0.3) is 10.9 Å². The number of nitrogens with zero attached hydrogens (tertiary/aromatic N) is 5. The monoisotopic (exact) mass is 397 g/mol. The van der Waals surface area contributed by atoms with Gasteiger partial charge in [-0.05, 0) is 37.6 Å². The standard InChI is InChI=1S/C21H24ClN5O/c1-15-13-21(25-20(24-15)3-2-12-28)27-10-8-26(9-11-27)19-6-7-23-18-14-16(22)4-5-17(18)19/h4-7,13-14,28H,2-3,8-12H2,1H3. The molecule has 0 radical (unpaired) electrons. The molecule has 28 heavy (non-hydrogen) atoms. The topological polar surface area (TPSA) is 65.4 Å². The first-order valence-corrected chi connectivity index (χ1v) is 10.0.